The number of likely N-dealkylation sites (tertiary alicyclic amines) is 1. The Morgan fingerprint density at radius 2 is 2.22 bits per heavy atom. The Hall–Kier alpha value is -2.57. The van der Waals surface area contributed by atoms with Gasteiger partial charge in [0.25, 0.3) is 5.91 Å². The van der Waals surface area contributed by atoms with E-state index in [0.717, 1.165) is 18.4 Å². The minimum absolute atomic E-state index is 0.0594. The van der Waals surface area contributed by atoms with Crippen LogP contribution in [-0.4, -0.2) is 63.7 Å². The van der Waals surface area contributed by atoms with E-state index in [1.54, 1.807) is 27.6 Å². The third-order valence-electron chi connectivity index (χ3n) is 4.62. The average Bonchev–Trinajstić information content (AvgIpc) is 3.08. The first-order chi connectivity index (χ1) is 11.1. The van der Waals surface area contributed by atoms with Crippen molar-refractivity contribution in [2.75, 3.05) is 26.7 Å². The van der Waals surface area contributed by atoms with Gasteiger partial charge in [-0.25, -0.2) is 9.31 Å². The number of piperidine rings is 1. The lowest BCUT2D eigenvalue weighted by Crippen LogP contribution is -2.52. The van der Waals surface area contributed by atoms with Crippen molar-refractivity contribution in [2.24, 2.45) is 0 Å². The van der Waals surface area contributed by atoms with E-state index in [1.807, 2.05) is 24.4 Å². The van der Waals surface area contributed by atoms with Gasteiger partial charge in [-0.3, -0.25) is 4.79 Å². The van der Waals surface area contributed by atoms with Crippen LogP contribution in [0.3, 0.4) is 0 Å². The van der Waals surface area contributed by atoms with Crippen molar-refractivity contribution < 1.29 is 14.3 Å². The number of likely N-dealkylation sites (N-methyl/N-ethyl adjacent to an activating group) is 1. The molecule has 0 saturated carbocycles. The largest absolute Gasteiger partial charge is 0.439 e. The summed E-state index contributed by atoms with van der Waals surface area (Å²) in [6.07, 6.45) is 4.73. The van der Waals surface area contributed by atoms with E-state index in [1.165, 1.54) is 0 Å². The number of pyridine rings is 1. The van der Waals surface area contributed by atoms with Gasteiger partial charge >= 0.3 is 6.09 Å². The van der Waals surface area contributed by atoms with Crippen molar-refractivity contribution in [3.8, 4) is 0 Å². The zero-order valence-electron chi connectivity index (χ0n) is 12.9. The third-order valence-corrected chi connectivity index (χ3v) is 4.62. The van der Waals surface area contributed by atoms with Gasteiger partial charge in [0.05, 0.1) is 30.4 Å². The Morgan fingerprint density at radius 3 is 3.00 bits per heavy atom. The van der Waals surface area contributed by atoms with Crippen molar-refractivity contribution in [3.05, 3.63) is 36.2 Å². The maximum Gasteiger partial charge on any atom is 0.410 e. The van der Waals surface area contributed by atoms with E-state index in [9.17, 15) is 9.59 Å². The summed E-state index contributed by atoms with van der Waals surface area (Å²) in [6.45, 7) is 1.64. The number of rotatable bonds is 1. The molecule has 7 nitrogen and oxygen atoms in total. The fraction of sp³-hybridized carbons (Fsp3) is 0.438. The molecule has 7 heteroatoms. The normalized spacial score (nSPS) is 24.5. The van der Waals surface area contributed by atoms with E-state index in [2.05, 4.69) is 5.10 Å². The summed E-state index contributed by atoms with van der Waals surface area (Å²) in [5.41, 5.74) is 0.806. The number of fused-ring (bicyclic) bond motifs is 1. The lowest BCUT2D eigenvalue weighted by Gasteiger charge is -2.38. The van der Waals surface area contributed by atoms with Crippen molar-refractivity contribution >= 4 is 17.5 Å². The van der Waals surface area contributed by atoms with E-state index >= 15 is 0 Å². The molecule has 2 aromatic heterocycles. The second-order valence-electron chi connectivity index (χ2n) is 6.33. The monoisotopic (exact) mass is 314 g/mol. The molecule has 4 heterocycles. The molecule has 1 atom stereocenters. The summed E-state index contributed by atoms with van der Waals surface area (Å²) in [7, 11) is 1.73. The van der Waals surface area contributed by atoms with E-state index < -0.39 is 5.60 Å². The van der Waals surface area contributed by atoms with Crippen molar-refractivity contribution in [3.63, 3.8) is 0 Å². The Morgan fingerprint density at radius 1 is 1.35 bits per heavy atom. The first-order valence-corrected chi connectivity index (χ1v) is 7.74. The Kier molecular flexibility index (Phi) is 3.04. The minimum atomic E-state index is -0.567. The molecular weight excluding hydrogens is 296 g/mol. The Balaban J connectivity index is 1.60. The van der Waals surface area contributed by atoms with Crippen LogP contribution in [-0.2, 0) is 4.74 Å². The topological polar surface area (TPSA) is 67.2 Å². The van der Waals surface area contributed by atoms with E-state index in [-0.39, 0.29) is 12.0 Å². The molecule has 2 saturated heterocycles. The molecule has 1 spiro atoms. The van der Waals surface area contributed by atoms with Gasteiger partial charge in [-0.2, -0.15) is 5.10 Å². The number of carbonyl (C=O) groups is 2. The van der Waals surface area contributed by atoms with Crippen LogP contribution in [0.2, 0.25) is 0 Å². The fourth-order valence-corrected chi connectivity index (χ4v) is 3.55. The number of aromatic nitrogens is 2. The highest BCUT2D eigenvalue weighted by atomic mass is 16.6. The highest BCUT2D eigenvalue weighted by molar-refractivity contribution is 6.00. The van der Waals surface area contributed by atoms with Crippen LogP contribution in [0, 0.1) is 0 Å². The molecule has 2 aliphatic rings. The van der Waals surface area contributed by atoms with Crippen LogP contribution >= 0.6 is 0 Å². The van der Waals surface area contributed by atoms with Gasteiger partial charge in [-0.15, -0.1) is 0 Å². The van der Waals surface area contributed by atoms with Gasteiger partial charge in [0.1, 0.15) is 5.60 Å². The molecule has 23 heavy (non-hydrogen) atoms. The minimum Gasteiger partial charge on any atom is -0.439 e. The Labute approximate surface area is 133 Å². The van der Waals surface area contributed by atoms with Gasteiger partial charge in [0.15, 0.2) is 0 Å². The van der Waals surface area contributed by atoms with E-state index in [4.69, 9.17) is 4.74 Å². The first-order valence-electron chi connectivity index (χ1n) is 7.74. The van der Waals surface area contributed by atoms with Crippen LogP contribution in [0.15, 0.2) is 30.6 Å². The van der Waals surface area contributed by atoms with Crippen LogP contribution < -0.4 is 0 Å². The molecule has 120 valence electrons. The molecule has 0 unspecified atom stereocenters. The third kappa shape index (κ3) is 2.23. The number of nitrogens with zero attached hydrogens (tertiary/aromatic N) is 4. The van der Waals surface area contributed by atoms with Gasteiger partial charge in [0.2, 0.25) is 0 Å². The standard InChI is InChI=1S/C16H18N4O3/c1-18-10-16(23-15(18)22)6-4-7-19(11-16)14(21)12-9-17-20-8-3-2-5-13(12)20/h2-3,5,8-9H,4,6-7,10-11H2,1H3/t16-/m1/s1. The molecule has 0 N–H and O–H groups in total. The van der Waals surface area contributed by atoms with Gasteiger partial charge in [-0.1, -0.05) is 6.07 Å². The molecule has 2 aromatic rings. The van der Waals surface area contributed by atoms with Crippen molar-refractivity contribution in [1.82, 2.24) is 19.4 Å². The zero-order valence-corrected chi connectivity index (χ0v) is 12.9. The van der Waals surface area contributed by atoms with Gasteiger partial charge in [-0.05, 0) is 25.0 Å². The Bertz CT molecular complexity index is 786. The average molecular weight is 314 g/mol. The lowest BCUT2D eigenvalue weighted by molar-refractivity contribution is -0.00514. The molecule has 2 amide bonds. The molecule has 4 rings (SSSR count). The van der Waals surface area contributed by atoms with Crippen molar-refractivity contribution in [1.29, 1.82) is 0 Å². The lowest BCUT2D eigenvalue weighted by atomic mass is 9.92. The highest BCUT2D eigenvalue weighted by Gasteiger charge is 2.47. The quantitative estimate of drug-likeness (QED) is 0.798. The summed E-state index contributed by atoms with van der Waals surface area (Å²) in [5.74, 6) is -0.0594. The molecular formula is C16H18N4O3. The summed E-state index contributed by atoms with van der Waals surface area (Å²) < 4.78 is 7.25. The predicted octanol–water partition coefficient (Wildman–Crippen LogP) is 1.39. The van der Waals surface area contributed by atoms with E-state index in [0.29, 0.717) is 25.2 Å². The number of ether oxygens (including phenoxy) is 1. The summed E-state index contributed by atoms with van der Waals surface area (Å²) in [6, 6.07) is 5.64. The molecule has 2 fully saturated rings. The summed E-state index contributed by atoms with van der Waals surface area (Å²) >= 11 is 0. The molecule has 0 radical (unpaired) electrons. The second kappa shape index (κ2) is 4.97. The summed E-state index contributed by atoms with van der Waals surface area (Å²) in [4.78, 5) is 28.0. The van der Waals surface area contributed by atoms with Crippen LogP contribution in [0.25, 0.3) is 5.52 Å². The maximum atomic E-state index is 12.9. The maximum absolute atomic E-state index is 12.9. The molecule has 0 bridgehead atoms. The first kappa shape index (κ1) is 14.0. The number of carbonyl (C=O) groups excluding carboxylic acids is 2. The number of amides is 2. The fourth-order valence-electron chi connectivity index (χ4n) is 3.55. The summed E-state index contributed by atoms with van der Waals surface area (Å²) in [5, 5.41) is 4.22. The predicted molar refractivity (Wildman–Crippen MR) is 82.2 cm³/mol. The van der Waals surface area contributed by atoms with Crippen LogP contribution in [0.1, 0.15) is 23.2 Å². The number of hydrogen-bond donors (Lipinski definition) is 0. The van der Waals surface area contributed by atoms with Gasteiger partial charge in [0, 0.05) is 19.8 Å². The van der Waals surface area contributed by atoms with Crippen LogP contribution in [0.4, 0.5) is 4.79 Å². The molecule has 0 aromatic carbocycles. The molecule has 2 aliphatic heterocycles. The SMILES string of the molecule is CN1C[C@@]2(CCCN(C(=O)c3cnn4ccccc34)C2)OC1=O. The van der Waals surface area contributed by atoms with Gasteiger partial charge < -0.3 is 14.5 Å². The molecule has 0 aliphatic carbocycles. The number of hydrogen-bond acceptors (Lipinski definition) is 4. The zero-order chi connectivity index (χ0) is 16.0. The van der Waals surface area contributed by atoms with Crippen molar-refractivity contribution in [2.45, 2.75) is 18.4 Å². The second-order valence-corrected chi connectivity index (χ2v) is 6.33. The smallest absolute Gasteiger partial charge is 0.410 e. The highest BCUT2D eigenvalue weighted by Crippen LogP contribution is 2.32. The van der Waals surface area contributed by atoms with Crippen LogP contribution in [0.5, 0.6) is 0 Å².